The highest BCUT2D eigenvalue weighted by atomic mass is 35.5. The smallest absolute Gasteiger partial charge is 0.255 e. The number of rotatable bonds is 3. The Balaban J connectivity index is 1.66. The minimum absolute atomic E-state index is 0.0361. The largest absolute Gasteiger partial charge is 0.368 e. The van der Waals surface area contributed by atoms with Crippen LogP contribution in [0.4, 0.5) is 10.1 Å². The summed E-state index contributed by atoms with van der Waals surface area (Å²) < 4.78 is 13.4. The van der Waals surface area contributed by atoms with Gasteiger partial charge in [-0.2, -0.15) is 0 Å². The van der Waals surface area contributed by atoms with Crippen LogP contribution in [0.15, 0.2) is 42.5 Å². The molecular weight excluding hydrogens is 343 g/mol. The maximum Gasteiger partial charge on any atom is 0.255 e. The Morgan fingerprint density at radius 2 is 1.64 bits per heavy atom. The number of carbonyl (C=O) groups excluding carboxylic acids is 2. The summed E-state index contributed by atoms with van der Waals surface area (Å²) in [7, 11) is 0. The molecule has 6 heteroatoms. The van der Waals surface area contributed by atoms with Crippen LogP contribution in [0.25, 0.3) is 0 Å². The third-order valence-corrected chi connectivity index (χ3v) is 4.69. The second-order valence-electron chi connectivity index (χ2n) is 6.01. The molecule has 1 amide bonds. The first-order valence-corrected chi connectivity index (χ1v) is 8.44. The number of Topliss-reactive ketones (excluding diaryl/α,β-unsaturated/α-hetero) is 1. The molecule has 4 nitrogen and oxygen atoms in total. The summed E-state index contributed by atoms with van der Waals surface area (Å²) in [5.41, 5.74) is 1.89. The lowest BCUT2D eigenvalue weighted by molar-refractivity contribution is 0.0746. The monoisotopic (exact) mass is 360 g/mol. The van der Waals surface area contributed by atoms with Crippen LogP contribution in [-0.4, -0.2) is 42.8 Å². The molecule has 1 aliphatic rings. The van der Waals surface area contributed by atoms with Gasteiger partial charge < -0.3 is 9.80 Å². The highest BCUT2D eigenvalue weighted by molar-refractivity contribution is 6.33. The van der Waals surface area contributed by atoms with Gasteiger partial charge >= 0.3 is 0 Å². The van der Waals surface area contributed by atoms with Crippen molar-refractivity contribution in [2.45, 2.75) is 6.92 Å². The normalized spacial score (nSPS) is 14.5. The molecule has 2 aromatic carbocycles. The number of hydrogen-bond acceptors (Lipinski definition) is 3. The number of anilines is 1. The van der Waals surface area contributed by atoms with Gasteiger partial charge in [0.25, 0.3) is 5.91 Å². The molecule has 1 saturated heterocycles. The van der Waals surface area contributed by atoms with Crippen molar-refractivity contribution < 1.29 is 14.0 Å². The van der Waals surface area contributed by atoms with Gasteiger partial charge in [-0.05, 0) is 49.4 Å². The SMILES string of the molecule is CC(=O)c1ccc(N2CCN(C(=O)c3cc(F)ccc3Cl)CC2)cc1. The Morgan fingerprint density at radius 3 is 2.24 bits per heavy atom. The third kappa shape index (κ3) is 3.82. The summed E-state index contributed by atoms with van der Waals surface area (Å²) in [6.07, 6.45) is 0. The molecule has 1 aliphatic heterocycles. The topological polar surface area (TPSA) is 40.6 Å². The molecule has 0 bridgehead atoms. The number of amides is 1. The Hall–Kier alpha value is -2.40. The highest BCUT2D eigenvalue weighted by Crippen LogP contribution is 2.22. The van der Waals surface area contributed by atoms with Crippen molar-refractivity contribution in [3.63, 3.8) is 0 Å². The Morgan fingerprint density at radius 1 is 1.00 bits per heavy atom. The minimum atomic E-state index is -0.475. The summed E-state index contributed by atoms with van der Waals surface area (Å²) in [6, 6.07) is 11.3. The van der Waals surface area contributed by atoms with Crippen LogP contribution in [0.3, 0.4) is 0 Å². The van der Waals surface area contributed by atoms with Crippen LogP contribution in [0.2, 0.25) is 5.02 Å². The lowest BCUT2D eigenvalue weighted by Crippen LogP contribution is -2.48. The molecule has 25 heavy (non-hydrogen) atoms. The fraction of sp³-hybridized carbons (Fsp3) is 0.263. The quantitative estimate of drug-likeness (QED) is 0.784. The fourth-order valence-corrected chi connectivity index (χ4v) is 3.10. The van der Waals surface area contributed by atoms with Crippen LogP contribution in [-0.2, 0) is 0 Å². The van der Waals surface area contributed by atoms with Gasteiger partial charge in [-0.25, -0.2) is 4.39 Å². The Bertz CT molecular complexity index is 800. The summed E-state index contributed by atoms with van der Waals surface area (Å²) in [5, 5.41) is 0.258. The molecule has 1 heterocycles. The van der Waals surface area contributed by atoms with Crippen molar-refractivity contribution in [1.29, 1.82) is 0 Å². The van der Waals surface area contributed by atoms with E-state index in [2.05, 4.69) is 4.90 Å². The number of ketones is 1. The average Bonchev–Trinajstić information content (AvgIpc) is 2.63. The molecule has 0 spiro atoms. The van der Waals surface area contributed by atoms with Gasteiger partial charge in [0, 0.05) is 37.4 Å². The first kappa shape index (κ1) is 17.4. The maximum absolute atomic E-state index is 13.4. The lowest BCUT2D eigenvalue weighted by atomic mass is 10.1. The van der Waals surface area contributed by atoms with Gasteiger partial charge in [0.05, 0.1) is 10.6 Å². The Kier molecular flexibility index (Phi) is 5.04. The summed E-state index contributed by atoms with van der Waals surface area (Å²) in [5.74, 6) is -0.693. The fourth-order valence-electron chi connectivity index (χ4n) is 2.91. The van der Waals surface area contributed by atoms with E-state index in [1.807, 2.05) is 24.3 Å². The van der Waals surface area contributed by atoms with Gasteiger partial charge in [-0.3, -0.25) is 9.59 Å². The molecule has 0 aromatic heterocycles. The second-order valence-corrected chi connectivity index (χ2v) is 6.41. The van der Waals surface area contributed by atoms with E-state index in [4.69, 9.17) is 11.6 Å². The molecule has 130 valence electrons. The van der Waals surface area contributed by atoms with Crippen molar-refractivity contribution in [2.24, 2.45) is 0 Å². The average molecular weight is 361 g/mol. The third-order valence-electron chi connectivity index (χ3n) is 4.36. The van der Waals surface area contributed by atoms with E-state index in [1.54, 1.807) is 4.90 Å². The van der Waals surface area contributed by atoms with Crippen molar-refractivity contribution >= 4 is 29.0 Å². The van der Waals surface area contributed by atoms with Crippen molar-refractivity contribution in [2.75, 3.05) is 31.1 Å². The van der Waals surface area contributed by atoms with Crippen molar-refractivity contribution in [1.82, 2.24) is 4.90 Å². The molecule has 0 saturated carbocycles. The predicted molar refractivity (Wildman–Crippen MR) is 96.0 cm³/mol. The van der Waals surface area contributed by atoms with Gasteiger partial charge in [0.15, 0.2) is 5.78 Å². The first-order chi connectivity index (χ1) is 12.0. The molecule has 0 unspecified atom stereocenters. The zero-order valence-corrected chi connectivity index (χ0v) is 14.6. The summed E-state index contributed by atoms with van der Waals surface area (Å²) in [6.45, 7) is 3.92. The van der Waals surface area contributed by atoms with Gasteiger partial charge in [0.2, 0.25) is 0 Å². The molecule has 0 aliphatic carbocycles. The van der Waals surface area contributed by atoms with E-state index in [-0.39, 0.29) is 22.3 Å². The van der Waals surface area contributed by atoms with E-state index in [0.717, 1.165) is 5.69 Å². The molecule has 2 aromatic rings. The summed E-state index contributed by atoms with van der Waals surface area (Å²) in [4.78, 5) is 27.7. The molecular formula is C19H18ClFN2O2. The zero-order chi connectivity index (χ0) is 18.0. The molecule has 0 radical (unpaired) electrons. The standard InChI is InChI=1S/C19H18ClFN2O2/c1-13(24)14-2-5-16(6-3-14)22-8-10-23(11-9-22)19(25)17-12-15(21)4-7-18(17)20/h2-7,12H,8-11H2,1H3. The number of benzene rings is 2. The predicted octanol–water partition coefficient (Wildman–Crippen LogP) is 3.64. The highest BCUT2D eigenvalue weighted by Gasteiger charge is 2.24. The van der Waals surface area contributed by atoms with Crippen molar-refractivity contribution in [3.05, 3.63) is 64.4 Å². The molecule has 3 rings (SSSR count). The van der Waals surface area contributed by atoms with Crippen LogP contribution < -0.4 is 4.90 Å². The first-order valence-electron chi connectivity index (χ1n) is 8.06. The van der Waals surface area contributed by atoms with Crippen LogP contribution in [0.5, 0.6) is 0 Å². The van der Waals surface area contributed by atoms with E-state index < -0.39 is 5.82 Å². The van der Waals surface area contributed by atoms with Crippen LogP contribution >= 0.6 is 11.6 Å². The molecule has 1 fully saturated rings. The van der Waals surface area contributed by atoms with E-state index >= 15 is 0 Å². The number of hydrogen-bond donors (Lipinski definition) is 0. The van der Waals surface area contributed by atoms with Crippen LogP contribution in [0, 0.1) is 5.82 Å². The van der Waals surface area contributed by atoms with Gasteiger partial charge in [0.1, 0.15) is 5.82 Å². The van der Waals surface area contributed by atoms with Gasteiger partial charge in [-0.1, -0.05) is 11.6 Å². The number of carbonyl (C=O) groups is 2. The lowest BCUT2D eigenvalue weighted by Gasteiger charge is -2.36. The van der Waals surface area contributed by atoms with E-state index in [0.29, 0.717) is 31.7 Å². The zero-order valence-electron chi connectivity index (χ0n) is 13.8. The number of nitrogens with zero attached hydrogens (tertiary/aromatic N) is 2. The molecule has 0 atom stereocenters. The number of piperazine rings is 1. The second kappa shape index (κ2) is 7.23. The van der Waals surface area contributed by atoms with Crippen molar-refractivity contribution in [3.8, 4) is 0 Å². The summed E-state index contributed by atoms with van der Waals surface area (Å²) >= 11 is 6.02. The number of halogens is 2. The van der Waals surface area contributed by atoms with Gasteiger partial charge in [-0.15, -0.1) is 0 Å². The molecule has 0 N–H and O–H groups in total. The van der Waals surface area contributed by atoms with E-state index in [1.165, 1.54) is 25.1 Å². The Labute approximate surface area is 150 Å². The van der Waals surface area contributed by atoms with Crippen LogP contribution in [0.1, 0.15) is 27.6 Å². The van der Waals surface area contributed by atoms with E-state index in [9.17, 15) is 14.0 Å². The maximum atomic E-state index is 13.4. The minimum Gasteiger partial charge on any atom is -0.368 e.